The van der Waals surface area contributed by atoms with Gasteiger partial charge in [0, 0.05) is 26.5 Å². The number of thiazole rings is 1. The van der Waals surface area contributed by atoms with Crippen LogP contribution in [0.3, 0.4) is 0 Å². The minimum absolute atomic E-state index is 0.0956. The van der Waals surface area contributed by atoms with E-state index in [0.29, 0.717) is 10.7 Å². The SMILES string of the molecule is Cc1cnc(NC(=O)c2csc3ccccc23)s1. The van der Waals surface area contributed by atoms with Gasteiger partial charge in [0.25, 0.3) is 5.91 Å². The van der Waals surface area contributed by atoms with Gasteiger partial charge in [0.15, 0.2) is 5.13 Å². The van der Waals surface area contributed by atoms with Gasteiger partial charge < -0.3 is 0 Å². The van der Waals surface area contributed by atoms with E-state index in [1.54, 1.807) is 17.5 Å². The molecule has 5 heteroatoms. The largest absolute Gasteiger partial charge is 0.298 e. The van der Waals surface area contributed by atoms with E-state index in [9.17, 15) is 4.79 Å². The van der Waals surface area contributed by atoms with Crippen LogP contribution in [0.25, 0.3) is 10.1 Å². The fourth-order valence-electron chi connectivity index (χ4n) is 1.73. The van der Waals surface area contributed by atoms with Crippen LogP contribution >= 0.6 is 22.7 Å². The predicted octanol–water partition coefficient (Wildman–Crippen LogP) is 3.92. The second-order valence-corrected chi connectivity index (χ2v) is 6.02. The highest BCUT2D eigenvalue weighted by Crippen LogP contribution is 2.26. The van der Waals surface area contributed by atoms with Gasteiger partial charge in [-0.2, -0.15) is 0 Å². The number of nitrogens with zero attached hydrogens (tertiary/aromatic N) is 1. The van der Waals surface area contributed by atoms with Crippen LogP contribution in [0.15, 0.2) is 35.8 Å². The van der Waals surface area contributed by atoms with Crippen molar-refractivity contribution < 1.29 is 4.79 Å². The maximum Gasteiger partial charge on any atom is 0.258 e. The van der Waals surface area contributed by atoms with E-state index >= 15 is 0 Å². The molecule has 1 amide bonds. The first-order valence-electron chi connectivity index (χ1n) is 5.44. The highest BCUT2D eigenvalue weighted by Gasteiger charge is 2.13. The number of carbonyl (C=O) groups is 1. The maximum absolute atomic E-state index is 12.2. The van der Waals surface area contributed by atoms with Gasteiger partial charge in [-0.3, -0.25) is 10.1 Å². The molecule has 3 aromatic rings. The number of benzene rings is 1. The topological polar surface area (TPSA) is 42.0 Å². The fourth-order valence-corrected chi connectivity index (χ4v) is 3.33. The number of rotatable bonds is 2. The monoisotopic (exact) mass is 274 g/mol. The van der Waals surface area contributed by atoms with Crippen molar-refractivity contribution in [1.82, 2.24) is 4.98 Å². The number of amides is 1. The summed E-state index contributed by atoms with van der Waals surface area (Å²) in [5.74, 6) is -0.0956. The molecule has 3 nitrogen and oxygen atoms in total. The second kappa shape index (κ2) is 4.51. The molecule has 90 valence electrons. The number of aryl methyl sites for hydroxylation is 1. The Morgan fingerprint density at radius 2 is 2.17 bits per heavy atom. The van der Waals surface area contributed by atoms with Crippen molar-refractivity contribution in [1.29, 1.82) is 0 Å². The van der Waals surface area contributed by atoms with Gasteiger partial charge in [0.05, 0.1) is 5.56 Å². The summed E-state index contributed by atoms with van der Waals surface area (Å²) < 4.78 is 1.12. The summed E-state index contributed by atoms with van der Waals surface area (Å²) in [6.45, 7) is 1.97. The molecule has 0 radical (unpaired) electrons. The fraction of sp³-hybridized carbons (Fsp3) is 0.0769. The lowest BCUT2D eigenvalue weighted by atomic mass is 10.2. The zero-order valence-electron chi connectivity index (χ0n) is 9.64. The number of hydrogen-bond acceptors (Lipinski definition) is 4. The summed E-state index contributed by atoms with van der Waals surface area (Å²) in [6, 6.07) is 7.91. The number of carbonyl (C=O) groups excluding carboxylic acids is 1. The van der Waals surface area contributed by atoms with E-state index in [1.807, 2.05) is 36.6 Å². The number of nitrogens with one attached hydrogen (secondary N) is 1. The zero-order valence-corrected chi connectivity index (χ0v) is 11.3. The smallest absolute Gasteiger partial charge is 0.258 e. The molecule has 0 unspecified atom stereocenters. The Hall–Kier alpha value is -1.72. The molecule has 0 spiro atoms. The molecular formula is C13H10N2OS2. The quantitative estimate of drug-likeness (QED) is 0.769. The summed E-state index contributed by atoms with van der Waals surface area (Å²) in [5.41, 5.74) is 0.712. The lowest BCUT2D eigenvalue weighted by molar-refractivity contribution is 0.102. The van der Waals surface area contributed by atoms with Crippen LogP contribution in [-0.2, 0) is 0 Å². The molecule has 0 aliphatic heterocycles. The van der Waals surface area contributed by atoms with E-state index in [4.69, 9.17) is 0 Å². The van der Waals surface area contributed by atoms with Crippen LogP contribution < -0.4 is 5.32 Å². The summed E-state index contributed by atoms with van der Waals surface area (Å²) in [7, 11) is 0. The van der Waals surface area contributed by atoms with Crippen molar-refractivity contribution in [2.75, 3.05) is 5.32 Å². The molecule has 18 heavy (non-hydrogen) atoms. The molecule has 0 atom stereocenters. The van der Waals surface area contributed by atoms with E-state index in [2.05, 4.69) is 10.3 Å². The average molecular weight is 274 g/mol. The molecule has 2 aromatic heterocycles. The van der Waals surface area contributed by atoms with Gasteiger partial charge in [0.2, 0.25) is 0 Å². The lowest BCUT2D eigenvalue weighted by Crippen LogP contribution is -2.10. The second-order valence-electron chi connectivity index (χ2n) is 3.88. The summed E-state index contributed by atoms with van der Waals surface area (Å²) in [4.78, 5) is 17.4. The molecule has 2 heterocycles. The third-order valence-electron chi connectivity index (χ3n) is 2.57. The van der Waals surface area contributed by atoms with Crippen molar-refractivity contribution in [2.24, 2.45) is 0 Å². The van der Waals surface area contributed by atoms with Gasteiger partial charge in [-0.25, -0.2) is 4.98 Å². The normalized spacial score (nSPS) is 10.7. The predicted molar refractivity (Wildman–Crippen MR) is 76.6 cm³/mol. The molecular weight excluding hydrogens is 264 g/mol. The first-order valence-corrected chi connectivity index (χ1v) is 7.13. The number of hydrogen-bond donors (Lipinski definition) is 1. The van der Waals surface area contributed by atoms with E-state index < -0.39 is 0 Å². The molecule has 0 saturated carbocycles. The highest BCUT2D eigenvalue weighted by atomic mass is 32.1. The summed E-state index contributed by atoms with van der Waals surface area (Å²) in [6.07, 6.45) is 1.76. The van der Waals surface area contributed by atoms with Gasteiger partial charge in [-0.15, -0.1) is 22.7 Å². The Balaban J connectivity index is 1.92. The molecule has 0 saturated heterocycles. The first-order chi connectivity index (χ1) is 8.74. The third-order valence-corrected chi connectivity index (χ3v) is 4.36. The maximum atomic E-state index is 12.2. The van der Waals surface area contributed by atoms with Crippen molar-refractivity contribution >= 4 is 43.8 Å². The molecule has 1 N–H and O–H groups in total. The third kappa shape index (κ3) is 2.02. The Morgan fingerprint density at radius 3 is 2.94 bits per heavy atom. The van der Waals surface area contributed by atoms with Crippen molar-refractivity contribution in [3.63, 3.8) is 0 Å². The number of thiophene rings is 1. The molecule has 0 aliphatic carbocycles. The molecule has 0 aliphatic rings. The van der Waals surface area contributed by atoms with Crippen molar-refractivity contribution in [3.05, 3.63) is 46.3 Å². The Bertz CT molecular complexity index is 714. The van der Waals surface area contributed by atoms with Crippen LogP contribution in [0.4, 0.5) is 5.13 Å². The van der Waals surface area contributed by atoms with Gasteiger partial charge in [0.1, 0.15) is 0 Å². The molecule has 1 aromatic carbocycles. The molecule has 3 rings (SSSR count). The van der Waals surface area contributed by atoms with E-state index in [1.165, 1.54) is 11.3 Å². The molecule has 0 bridgehead atoms. The van der Waals surface area contributed by atoms with Crippen molar-refractivity contribution in [2.45, 2.75) is 6.92 Å². The van der Waals surface area contributed by atoms with Crippen molar-refractivity contribution in [3.8, 4) is 0 Å². The number of fused-ring (bicyclic) bond motifs is 1. The van der Waals surface area contributed by atoms with Gasteiger partial charge >= 0.3 is 0 Å². The Kier molecular flexibility index (Phi) is 2.85. The Morgan fingerprint density at radius 1 is 1.33 bits per heavy atom. The van der Waals surface area contributed by atoms with Crippen LogP contribution in [0.1, 0.15) is 15.2 Å². The highest BCUT2D eigenvalue weighted by molar-refractivity contribution is 7.17. The van der Waals surface area contributed by atoms with Crippen LogP contribution in [0.5, 0.6) is 0 Å². The minimum atomic E-state index is -0.0956. The van der Waals surface area contributed by atoms with Crippen LogP contribution in [-0.4, -0.2) is 10.9 Å². The Labute approximate surface area is 112 Å². The summed E-state index contributed by atoms with van der Waals surface area (Å²) in [5, 5.41) is 6.36. The molecule has 0 fully saturated rings. The van der Waals surface area contributed by atoms with E-state index in [0.717, 1.165) is 15.0 Å². The van der Waals surface area contributed by atoms with Gasteiger partial charge in [-0.05, 0) is 13.0 Å². The number of anilines is 1. The zero-order chi connectivity index (χ0) is 12.5. The average Bonchev–Trinajstić information content (AvgIpc) is 2.95. The summed E-state index contributed by atoms with van der Waals surface area (Å²) >= 11 is 3.06. The first kappa shape index (κ1) is 11.4. The number of aromatic nitrogens is 1. The minimum Gasteiger partial charge on any atom is -0.298 e. The van der Waals surface area contributed by atoms with Crippen LogP contribution in [0, 0.1) is 6.92 Å². The van der Waals surface area contributed by atoms with Gasteiger partial charge in [-0.1, -0.05) is 18.2 Å². The lowest BCUT2D eigenvalue weighted by Gasteiger charge is -1.99. The van der Waals surface area contributed by atoms with E-state index in [-0.39, 0.29) is 5.91 Å². The van der Waals surface area contributed by atoms with Crippen LogP contribution in [0.2, 0.25) is 0 Å². The standard InChI is InChI=1S/C13H10N2OS2/c1-8-6-14-13(18-8)15-12(16)10-7-17-11-5-3-2-4-9(10)11/h2-7H,1H3,(H,14,15,16).